The van der Waals surface area contributed by atoms with Crippen LogP contribution < -0.4 is 24.8 Å². The summed E-state index contributed by atoms with van der Waals surface area (Å²) in [6.45, 7) is 3.74. The van der Waals surface area contributed by atoms with E-state index in [0.717, 1.165) is 11.1 Å². The van der Waals surface area contributed by atoms with Crippen molar-refractivity contribution in [3.63, 3.8) is 0 Å². The van der Waals surface area contributed by atoms with Gasteiger partial charge in [-0.3, -0.25) is 0 Å². The molecule has 2 N–H and O–H groups in total. The van der Waals surface area contributed by atoms with Crippen molar-refractivity contribution in [1.29, 1.82) is 0 Å². The van der Waals surface area contributed by atoms with Gasteiger partial charge in [0.2, 0.25) is 0 Å². The Morgan fingerprint density at radius 3 is 1.05 bits per heavy atom. The number of phenolic OH excluding ortho intramolecular Hbond substituents is 2. The van der Waals surface area contributed by atoms with E-state index < -0.39 is 0 Å². The summed E-state index contributed by atoms with van der Waals surface area (Å²) in [5, 5.41) is 17.8. The van der Waals surface area contributed by atoms with Crippen LogP contribution in [0.15, 0.2) is 48.5 Å². The third kappa shape index (κ3) is 9.09. The second-order valence-electron chi connectivity index (χ2n) is 3.57. The van der Waals surface area contributed by atoms with E-state index in [1.807, 2.05) is 50.2 Å². The third-order valence-corrected chi connectivity index (χ3v) is 2.23. The Labute approximate surface area is 145 Å². The number of aryl methyl sites for hydroxylation is 2. The zero-order valence-electron chi connectivity index (χ0n) is 10.8. The molecule has 0 aliphatic heterocycles. The number of phenols is 2. The summed E-state index contributed by atoms with van der Waals surface area (Å²) in [6.07, 6.45) is 0. The van der Waals surface area contributed by atoms with E-state index in [0.29, 0.717) is 11.5 Å². The predicted octanol–water partition coefficient (Wildman–Crippen LogP) is -2.59. The number of benzene rings is 2. The average molecular weight is 466 g/mol. The van der Waals surface area contributed by atoms with E-state index in [-0.39, 0.29) is 50.7 Å². The quantitative estimate of drug-likeness (QED) is 0.420. The number of para-hydroxylation sites is 2. The van der Waals surface area contributed by atoms with Gasteiger partial charge in [0, 0.05) is 25.8 Å². The van der Waals surface area contributed by atoms with Crippen LogP contribution in [-0.2, 0) is 25.8 Å². The van der Waals surface area contributed by atoms with Crippen molar-refractivity contribution in [1.82, 2.24) is 0 Å². The van der Waals surface area contributed by atoms with Gasteiger partial charge in [0.05, 0.1) is 0 Å². The second kappa shape index (κ2) is 12.5. The summed E-state index contributed by atoms with van der Waals surface area (Å²) < 4.78 is 0. The van der Waals surface area contributed by atoms with Crippen LogP contribution in [0.3, 0.4) is 0 Å². The van der Waals surface area contributed by atoms with Gasteiger partial charge in [0.1, 0.15) is 11.5 Å². The van der Waals surface area contributed by atoms with Gasteiger partial charge in [-0.2, -0.15) is 0 Å². The van der Waals surface area contributed by atoms with Crippen LogP contribution >= 0.6 is 0 Å². The van der Waals surface area contributed by atoms with Crippen molar-refractivity contribution in [2.45, 2.75) is 13.8 Å². The smallest absolute Gasteiger partial charge is 0.118 e. The van der Waals surface area contributed by atoms with Gasteiger partial charge in [-0.25, -0.2) is 0 Å². The van der Waals surface area contributed by atoms with E-state index in [1.165, 1.54) is 0 Å². The molecule has 19 heavy (non-hydrogen) atoms. The molecule has 0 aliphatic rings. The van der Waals surface area contributed by atoms with Crippen LogP contribution in [0.25, 0.3) is 0 Å². The molecule has 2 rings (SSSR count). The van der Waals surface area contributed by atoms with Crippen molar-refractivity contribution in [2.75, 3.05) is 0 Å². The normalized spacial score (nSPS) is 7.68. The number of hydrogen-bond donors (Lipinski definition) is 2. The number of rotatable bonds is 0. The fourth-order valence-corrected chi connectivity index (χ4v) is 1.13. The molecule has 0 amide bonds. The van der Waals surface area contributed by atoms with Crippen LogP contribution in [0.1, 0.15) is 11.1 Å². The minimum Gasteiger partial charge on any atom is -1.00 e. The third-order valence-electron chi connectivity index (χ3n) is 2.23. The number of hydrogen-bond acceptors (Lipinski definition) is 2. The van der Waals surface area contributed by atoms with Crippen LogP contribution in [0.2, 0.25) is 0 Å². The zero-order chi connectivity index (χ0) is 12.0. The molecule has 0 fully saturated rings. The van der Waals surface area contributed by atoms with Gasteiger partial charge in [0.15, 0.2) is 0 Å². The van der Waals surface area contributed by atoms with Crippen molar-refractivity contribution in [3.8, 4) is 11.5 Å². The second-order valence-corrected chi connectivity index (χ2v) is 3.57. The summed E-state index contributed by atoms with van der Waals surface area (Å²) >= 11 is 0. The summed E-state index contributed by atoms with van der Waals surface area (Å²) in [6, 6.07) is 14.5. The first-order chi connectivity index (χ1) is 7.61. The van der Waals surface area contributed by atoms with Crippen molar-refractivity contribution >= 4 is 0 Å². The number of aromatic hydroxyl groups is 2. The predicted molar refractivity (Wildman–Crippen MR) is 65.7 cm³/mol. The molecule has 2 aromatic carbocycles. The molecule has 2 nitrogen and oxygen atoms in total. The van der Waals surface area contributed by atoms with Crippen LogP contribution in [-0.4, -0.2) is 10.2 Å². The summed E-state index contributed by atoms with van der Waals surface area (Å²) in [5.74, 6) is 0.736. The molecule has 2 aromatic rings. The van der Waals surface area contributed by atoms with Gasteiger partial charge in [0.25, 0.3) is 0 Å². The number of halogens is 2. The van der Waals surface area contributed by atoms with Gasteiger partial charge in [-0.15, -0.1) is 0 Å². The molecule has 0 saturated carbocycles. The Kier molecular flexibility index (Phi) is 15.5. The molecule has 0 aliphatic carbocycles. The molecule has 0 spiro atoms. The van der Waals surface area contributed by atoms with E-state index >= 15 is 0 Å². The van der Waals surface area contributed by atoms with Crippen LogP contribution in [0, 0.1) is 13.8 Å². The fraction of sp³-hybridized carbons (Fsp3) is 0.143. The molecule has 5 heteroatoms. The SMILES string of the molecule is Cc1ccccc1O.Cc1ccccc1O.[Cl-].[Cl-].[Hf]. The summed E-state index contributed by atoms with van der Waals surface area (Å²) in [4.78, 5) is 0. The molecule has 0 aromatic heterocycles. The van der Waals surface area contributed by atoms with E-state index in [9.17, 15) is 0 Å². The minimum absolute atomic E-state index is 0. The Morgan fingerprint density at radius 2 is 0.895 bits per heavy atom. The first-order valence-corrected chi connectivity index (χ1v) is 5.10. The van der Waals surface area contributed by atoms with Crippen LogP contribution in [0.5, 0.6) is 11.5 Å². The zero-order valence-corrected chi connectivity index (χ0v) is 15.9. The van der Waals surface area contributed by atoms with Gasteiger partial charge >= 0.3 is 0 Å². The molecule has 104 valence electrons. The Hall–Kier alpha value is -0.510. The first kappa shape index (κ1) is 23.6. The average Bonchev–Trinajstić information content (AvgIpc) is 2.28. The maximum atomic E-state index is 8.92. The van der Waals surface area contributed by atoms with Gasteiger partial charge in [-0.1, -0.05) is 36.4 Å². The van der Waals surface area contributed by atoms with Crippen molar-refractivity contribution < 1.29 is 60.9 Å². The Bertz CT molecular complexity index is 379. The molecular formula is C14H16Cl2HfO2-2. The fourth-order valence-electron chi connectivity index (χ4n) is 1.13. The minimum atomic E-state index is 0. The Morgan fingerprint density at radius 1 is 0.632 bits per heavy atom. The molecule has 0 bridgehead atoms. The standard InChI is InChI=1S/2C7H8O.2ClH.Hf/c2*1-6-4-2-3-5-7(6)8;;;/h2*2-5,8H,1H3;2*1H;/p-2. The van der Waals surface area contributed by atoms with Crippen LogP contribution in [0.4, 0.5) is 0 Å². The van der Waals surface area contributed by atoms with Crippen molar-refractivity contribution in [2.24, 2.45) is 0 Å². The molecule has 0 saturated heterocycles. The largest absolute Gasteiger partial charge is 1.00 e. The van der Waals surface area contributed by atoms with Gasteiger partial charge in [-0.05, 0) is 37.1 Å². The van der Waals surface area contributed by atoms with E-state index in [4.69, 9.17) is 10.2 Å². The molecule has 0 heterocycles. The maximum absolute atomic E-state index is 8.92. The molecular weight excluding hydrogens is 450 g/mol. The van der Waals surface area contributed by atoms with Crippen molar-refractivity contribution in [3.05, 3.63) is 59.7 Å². The topological polar surface area (TPSA) is 40.5 Å². The van der Waals surface area contributed by atoms with E-state index in [2.05, 4.69) is 0 Å². The Balaban J connectivity index is -0.000000233. The van der Waals surface area contributed by atoms with Gasteiger partial charge < -0.3 is 35.0 Å². The molecule has 0 unspecified atom stereocenters. The molecule has 0 atom stereocenters. The van der Waals surface area contributed by atoms with E-state index in [1.54, 1.807) is 12.1 Å². The molecule has 0 radical (unpaired) electrons. The monoisotopic (exact) mass is 466 g/mol. The summed E-state index contributed by atoms with van der Waals surface area (Å²) in [7, 11) is 0. The maximum Gasteiger partial charge on any atom is 0.118 e. The first-order valence-electron chi connectivity index (χ1n) is 5.10. The summed E-state index contributed by atoms with van der Waals surface area (Å²) in [5.41, 5.74) is 1.85.